The van der Waals surface area contributed by atoms with Crippen LogP contribution in [0.2, 0.25) is 0 Å². The van der Waals surface area contributed by atoms with Crippen LogP contribution in [0.1, 0.15) is 40.6 Å². The second-order valence-electron chi connectivity index (χ2n) is 7.11. The van der Waals surface area contributed by atoms with Gasteiger partial charge in [0.15, 0.2) is 0 Å². The van der Waals surface area contributed by atoms with Crippen LogP contribution in [0.25, 0.3) is 11.0 Å². The molecule has 0 spiro atoms. The average molecular weight is 399 g/mol. The van der Waals surface area contributed by atoms with Gasteiger partial charge in [0.05, 0.1) is 22.6 Å². The van der Waals surface area contributed by atoms with Crippen LogP contribution in [0.3, 0.4) is 0 Å². The number of aromatic nitrogens is 3. The van der Waals surface area contributed by atoms with Gasteiger partial charge in [-0.25, -0.2) is 9.97 Å². The molecule has 4 rings (SSSR count). The van der Waals surface area contributed by atoms with Gasteiger partial charge in [-0.1, -0.05) is 18.6 Å². The van der Waals surface area contributed by atoms with Gasteiger partial charge in [0.1, 0.15) is 11.5 Å². The Morgan fingerprint density at radius 3 is 3.04 bits per heavy atom. The molecular weight excluding hydrogens is 372 g/mol. The topological polar surface area (TPSA) is 94.7 Å². The Balaban J connectivity index is 1.19. The van der Waals surface area contributed by atoms with E-state index in [-0.39, 0.29) is 5.91 Å². The summed E-state index contributed by atoms with van der Waals surface area (Å²) in [5.41, 5.74) is 2.56. The number of thiazole rings is 1. The van der Waals surface area contributed by atoms with Crippen molar-refractivity contribution in [3.05, 3.63) is 46.2 Å². The van der Waals surface area contributed by atoms with Crippen LogP contribution >= 0.6 is 11.3 Å². The number of nitrogens with one attached hydrogen (secondary N) is 4. The smallest absolute Gasteiger partial charge is 0.270 e. The van der Waals surface area contributed by atoms with E-state index < -0.39 is 0 Å². The zero-order valence-corrected chi connectivity index (χ0v) is 16.6. The maximum absolute atomic E-state index is 12.3. The van der Waals surface area contributed by atoms with Crippen LogP contribution in [-0.2, 0) is 13.0 Å². The molecule has 1 fully saturated rings. The van der Waals surface area contributed by atoms with E-state index in [4.69, 9.17) is 0 Å². The summed E-state index contributed by atoms with van der Waals surface area (Å²) >= 11 is 1.54. The number of fused-ring (bicyclic) bond motifs is 1. The van der Waals surface area contributed by atoms with Crippen LogP contribution in [0.4, 0.5) is 0 Å². The first kappa shape index (κ1) is 19.0. The van der Waals surface area contributed by atoms with Gasteiger partial charge in [0.2, 0.25) is 0 Å². The highest BCUT2D eigenvalue weighted by Gasteiger charge is 2.15. The van der Waals surface area contributed by atoms with Gasteiger partial charge in [-0.05, 0) is 31.5 Å². The van der Waals surface area contributed by atoms with Crippen molar-refractivity contribution < 1.29 is 4.79 Å². The number of amides is 1. The highest BCUT2D eigenvalue weighted by atomic mass is 32.1. The second-order valence-corrected chi connectivity index (χ2v) is 8.05. The number of benzene rings is 1. The third kappa shape index (κ3) is 4.95. The van der Waals surface area contributed by atoms with Gasteiger partial charge in [-0.15, -0.1) is 11.3 Å². The molecular formula is C20H26N6OS. The number of nitrogens with zero attached hydrogens (tertiary/aromatic N) is 2. The Labute approximate surface area is 168 Å². The summed E-state index contributed by atoms with van der Waals surface area (Å²) in [5, 5.41) is 12.6. The lowest BCUT2D eigenvalue weighted by Gasteiger charge is -2.23. The predicted octanol–water partition coefficient (Wildman–Crippen LogP) is 2.22. The Kier molecular flexibility index (Phi) is 6.31. The van der Waals surface area contributed by atoms with Gasteiger partial charge in [0.25, 0.3) is 5.91 Å². The summed E-state index contributed by atoms with van der Waals surface area (Å²) in [6, 6.07) is 8.40. The van der Waals surface area contributed by atoms with Gasteiger partial charge in [-0.2, -0.15) is 0 Å². The lowest BCUT2D eigenvalue weighted by Crippen LogP contribution is -2.43. The summed E-state index contributed by atoms with van der Waals surface area (Å²) in [6.07, 6.45) is 4.38. The molecule has 148 valence electrons. The number of carbonyl (C=O) groups excluding carboxylic acids is 1. The number of para-hydroxylation sites is 2. The molecule has 28 heavy (non-hydrogen) atoms. The van der Waals surface area contributed by atoms with Crippen molar-refractivity contribution in [2.24, 2.45) is 0 Å². The number of piperidine rings is 1. The van der Waals surface area contributed by atoms with Crippen LogP contribution in [0.15, 0.2) is 29.6 Å². The SMILES string of the molecule is O=C(NCC1CCCCN1)c1csc(CCNCc2nc3ccccc3[nH]2)n1. The fourth-order valence-corrected chi connectivity index (χ4v) is 4.20. The van der Waals surface area contributed by atoms with Crippen LogP contribution < -0.4 is 16.0 Å². The molecule has 1 unspecified atom stereocenters. The second kappa shape index (κ2) is 9.27. The maximum atomic E-state index is 12.3. The number of carbonyl (C=O) groups is 1. The van der Waals surface area contributed by atoms with Crippen molar-refractivity contribution >= 4 is 28.3 Å². The van der Waals surface area contributed by atoms with Gasteiger partial charge < -0.3 is 20.9 Å². The molecule has 0 aliphatic carbocycles. The summed E-state index contributed by atoms with van der Waals surface area (Å²) in [7, 11) is 0. The van der Waals surface area contributed by atoms with Crippen molar-refractivity contribution in [3.8, 4) is 0 Å². The minimum absolute atomic E-state index is 0.0786. The van der Waals surface area contributed by atoms with Crippen molar-refractivity contribution in [1.29, 1.82) is 0 Å². The van der Waals surface area contributed by atoms with E-state index in [1.807, 2.05) is 29.6 Å². The molecule has 4 N–H and O–H groups in total. The molecule has 3 aromatic rings. The molecule has 1 atom stereocenters. The van der Waals surface area contributed by atoms with E-state index in [0.29, 0.717) is 24.8 Å². The molecule has 2 aromatic heterocycles. The number of imidazole rings is 1. The summed E-state index contributed by atoms with van der Waals surface area (Å²) in [5.74, 6) is 0.849. The minimum atomic E-state index is -0.0786. The van der Waals surface area contributed by atoms with E-state index in [0.717, 1.165) is 47.8 Å². The first-order valence-electron chi connectivity index (χ1n) is 9.88. The first-order valence-corrected chi connectivity index (χ1v) is 10.8. The third-order valence-electron chi connectivity index (χ3n) is 4.95. The zero-order valence-electron chi connectivity index (χ0n) is 15.8. The normalized spacial score (nSPS) is 17.1. The van der Waals surface area contributed by atoms with Crippen LogP contribution in [0.5, 0.6) is 0 Å². The largest absolute Gasteiger partial charge is 0.349 e. The molecule has 1 amide bonds. The fourth-order valence-electron chi connectivity index (χ4n) is 3.43. The number of hydrogen-bond donors (Lipinski definition) is 4. The van der Waals surface area contributed by atoms with E-state index >= 15 is 0 Å². The Bertz CT molecular complexity index is 881. The fraction of sp³-hybridized carbons (Fsp3) is 0.450. The summed E-state index contributed by atoms with van der Waals surface area (Å²) in [4.78, 5) is 24.6. The molecule has 7 nitrogen and oxygen atoms in total. The van der Waals surface area contributed by atoms with Crippen molar-refractivity contribution in [3.63, 3.8) is 0 Å². The molecule has 1 saturated heterocycles. The standard InChI is InChI=1S/C20H26N6OS/c27-20(23-11-14-5-3-4-9-22-14)17-13-28-19(26-17)8-10-21-12-18-24-15-6-1-2-7-16(15)25-18/h1-2,6-7,13-14,21-22H,3-5,8-12H2,(H,23,27)(H,24,25). The number of rotatable bonds is 8. The molecule has 1 aliphatic rings. The molecule has 0 saturated carbocycles. The highest BCUT2D eigenvalue weighted by molar-refractivity contribution is 7.09. The van der Waals surface area contributed by atoms with Gasteiger partial charge in [0, 0.05) is 30.9 Å². The van der Waals surface area contributed by atoms with E-state index in [9.17, 15) is 4.79 Å². The van der Waals surface area contributed by atoms with Gasteiger partial charge in [-0.3, -0.25) is 4.79 Å². The maximum Gasteiger partial charge on any atom is 0.270 e. The van der Waals surface area contributed by atoms with E-state index in [2.05, 4.69) is 30.9 Å². The predicted molar refractivity (Wildman–Crippen MR) is 112 cm³/mol. The monoisotopic (exact) mass is 398 g/mol. The lowest BCUT2D eigenvalue weighted by atomic mass is 10.1. The third-order valence-corrected chi connectivity index (χ3v) is 5.86. The van der Waals surface area contributed by atoms with Crippen molar-refractivity contribution in [1.82, 2.24) is 30.9 Å². The summed E-state index contributed by atoms with van der Waals surface area (Å²) < 4.78 is 0. The van der Waals surface area contributed by atoms with Crippen molar-refractivity contribution in [2.75, 3.05) is 19.6 Å². The zero-order chi connectivity index (χ0) is 19.2. The molecule has 0 bridgehead atoms. The number of H-pyrrole nitrogens is 1. The molecule has 0 radical (unpaired) electrons. The van der Waals surface area contributed by atoms with E-state index in [1.165, 1.54) is 24.2 Å². The average Bonchev–Trinajstić information content (AvgIpc) is 3.37. The molecule has 1 aliphatic heterocycles. The lowest BCUT2D eigenvalue weighted by molar-refractivity contribution is 0.0943. The number of aromatic amines is 1. The Hall–Kier alpha value is -2.29. The van der Waals surface area contributed by atoms with Crippen LogP contribution in [0, 0.1) is 0 Å². The molecule has 8 heteroatoms. The molecule has 1 aromatic carbocycles. The van der Waals surface area contributed by atoms with E-state index in [1.54, 1.807) is 0 Å². The molecule has 3 heterocycles. The van der Waals surface area contributed by atoms with Crippen LogP contribution in [-0.4, -0.2) is 46.5 Å². The summed E-state index contributed by atoms with van der Waals surface area (Å²) in [6.45, 7) is 3.19. The Morgan fingerprint density at radius 2 is 2.18 bits per heavy atom. The van der Waals surface area contributed by atoms with Crippen molar-refractivity contribution in [2.45, 2.75) is 38.3 Å². The Morgan fingerprint density at radius 1 is 1.25 bits per heavy atom. The number of hydrogen-bond acceptors (Lipinski definition) is 6. The first-order chi connectivity index (χ1) is 13.8. The highest BCUT2D eigenvalue weighted by Crippen LogP contribution is 2.12. The quantitative estimate of drug-likeness (QED) is 0.437. The minimum Gasteiger partial charge on any atom is -0.349 e. The van der Waals surface area contributed by atoms with Gasteiger partial charge >= 0.3 is 0 Å².